The van der Waals surface area contributed by atoms with Crippen LogP contribution >= 0.6 is 15.9 Å². The van der Waals surface area contributed by atoms with Crippen LogP contribution in [0.15, 0.2) is 39.7 Å². The van der Waals surface area contributed by atoms with Gasteiger partial charge in [0, 0.05) is 6.54 Å². The molecule has 0 aliphatic carbocycles. The van der Waals surface area contributed by atoms with Crippen LogP contribution in [0.25, 0.3) is 0 Å². The van der Waals surface area contributed by atoms with Crippen molar-refractivity contribution in [1.29, 1.82) is 0 Å². The monoisotopic (exact) mass is 311 g/mol. The second-order valence-corrected chi connectivity index (χ2v) is 4.49. The first kappa shape index (κ1) is 12.8. The van der Waals surface area contributed by atoms with Crippen molar-refractivity contribution in [3.8, 4) is 0 Å². The molecular weight excluding hydrogens is 301 g/mol. The standard InChI is InChI=1S/C12H11BrFN3O/c13-11-10(7-16-17-12(11)18)15-6-5-8-3-1-2-4-9(8)14/h1-4,7H,5-6H2,(H2,15,17,18). The van der Waals surface area contributed by atoms with Gasteiger partial charge in [0.1, 0.15) is 10.3 Å². The Bertz CT molecular complexity index is 600. The van der Waals surface area contributed by atoms with Gasteiger partial charge in [-0.3, -0.25) is 4.79 Å². The van der Waals surface area contributed by atoms with Crippen LogP contribution in [0, 0.1) is 5.82 Å². The first-order valence-electron chi connectivity index (χ1n) is 5.39. The summed E-state index contributed by atoms with van der Waals surface area (Å²) in [6, 6.07) is 6.62. The Labute approximate surface area is 111 Å². The number of nitrogens with one attached hydrogen (secondary N) is 2. The number of hydrogen-bond donors (Lipinski definition) is 2. The maximum absolute atomic E-state index is 13.4. The molecule has 0 unspecified atom stereocenters. The highest BCUT2D eigenvalue weighted by atomic mass is 79.9. The van der Waals surface area contributed by atoms with E-state index < -0.39 is 0 Å². The highest BCUT2D eigenvalue weighted by Crippen LogP contribution is 2.15. The first-order chi connectivity index (χ1) is 8.68. The van der Waals surface area contributed by atoms with Crippen molar-refractivity contribution in [2.45, 2.75) is 6.42 Å². The summed E-state index contributed by atoms with van der Waals surface area (Å²) in [6.45, 7) is 0.519. The van der Waals surface area contributed by atoms with E-state index in [0.29, 0.717) is 28.7 Å². The number of hydrogen-bond acceptors (Lipinski definition) is 3. The maximum Gasteiger partial charge on any atom is 0.280 e. The second kappa shape index (κ2) is 5.77. The van der Waals surface area contributed by atoms with Crippen molar-refractivity contribution in [3.05, 3.63) is 56.7 Å². The molecule has 2 rings (SSSR count). The SMILES string of the molecule is O=c1[nH]ncc(NCCc2ccccc2F)c1Br. The molecule has 4 nitrogen and oxygen atoms in total. The third-order valence-corrected chi connectivity index (χ3v) is 3.25. The quantitative estimate of drug-likeness (QED) is 0.911. The minimum absolute atomic E-state index is 0.220. The van der Waals surface area contributed by atoms with E-state index >= 15 is 0 Å². The van der Waals surface area contributed by atoms with Gasteiger partial charge in [0.25, 0.3) is 5.56 Å². The zero-order valence-corrected chi connectivity index (χ0v) is 11.0. The summed E-state index contributed by atoms with van der Waals surface area (Å²) in [5, 5.41) is 9.02. The van der Waals surface area contributed by atoms with Crippen molar-refractivity contribution in [2.75, 3.05) is 11.9 Å². The molecule has 6 heteroatoms. The fourth-order valence-electron chi connectivity index (χ4n) is 1.54. The predicted molar refractivity (Wildman–Crippen MR) is 71.2 cm³/mol. The Morgan fingerprint density at radius 2 is 2.17 bits per heavy atom. The van der Waals surface area contributed by atoms with Crippen molar-refractivity contribution in [1.82, 2.24) is 10.2 Å². The minimum Gasteiger partial charge on any atom is -0.382 e. The van der Waals surface area contributed by atoms with Crippen LogP contribution in [0.4, 0.5) is 10.1 Å². The summed E-state index contributed by atoms with van der Waals surface area (Å²) in [5.41, 5.74) is 0.930. The van der Waals surface area contributed by atoms with Crippen LogP contribution in [0.5, 0.6) is 0 Å². The van der Waals surface area contributed by atoms with E-state index in [-0.39, 0.29) is 11.4 Å². The molecule has 0 spiro atoms. The van der Waals surface area contributed by atoms with Crippen LogP contribution in [-0.2, 0) is 6.42 Å². The average Bonchev–Trinajstić information content (AvgIpc) is 2.37. The lowest BCUT2D eigenvalue weighted by molar-refractivity contribution is 0.610. The number of benzene rings is 1. The van der Waals surface area contributed by atoms with E-state index in [1.165, 1.54) is 12.3 Å². The highest BCUT2D eigenvalue weighted by molar-refractivity contribution is 9.10. The molecule has 94 valence electrons. The molecule has 0 fully saturated rings. The zero-order chi connectivity index (χ0) is 13.0. The van der Waals surface area contributed by atoms with E-state index in [0.717, 1.165) is 0 Å². The summed E-state index contributed by atoms with van der Waals surface area (Å²) in [4.78, 5) is 11.3. The third kappa shape index (κ3) is 2.95. The number of anilines is 1. The molecule has 0 saturated heterocycles. The van der Waals surface area contributed by atoms with Crippen LogP contribution in [0.3, 0.4) is 0 Å². The van der Waals surface area contributed by atoms with Crippen molar-refractivity contribution < 1.29 is 4.39 Å². The lowest BCUT2D eigenvalue weighted by atomic mass is 10.1. The van der Waals surface area contributed by atoms with Crippen LogP contribution in [-0.4, -0.2) is 16.7 Å². The van der Waals surface area contributed by atoms with E-state index in [4.69, 9.17) is 0 Å². The summed E-state index contributed by atoms with van der Waals surface area (Å²) in [5.74, 6) is -0.220. The van der Waals surface area contributed by atoms with Crippen LogP contribution < -0.4 is 10.9 Å². The molecule has 1 aromatic heterocycles. The molecule has 0 radical (unpaired) electrons. The molecule has 1 heterocycles. The maximum atomic E-state index is 13.4. The summed E-state index contributed by atoms with van der Waals surface area (Å²) in [7, 11) is 0. The number of H-pyrrole nitrogens is 1. The summed E-state index contributed by atoms with van der Waals surface area (Å²) >= 11 is 3.16. The number of nitrogens with zero attached hydrogens (tertiary/aromatic N) is 1. The second-order valence-electron chi connectivity index (χ2n) is 3.69. The molecule has 2 aromatic rings. The molecule has 1 aromatic carbocycles. The lowest BCUT2D eigenvalue weighted by Gasteiger charge is -2.07. The van der Waals surface area contributed by atoms with Gasteiger partial charge in [-0.25, -0.2) is 9.49 Å². The van der Waals surface area contributed by atoms with Crippen LogP contribution in [0.1, 0.15) is 5.56 Å². The average molecular weight is 312 g/mol. The van der Waals surface area contributed by atoms with Gasteiger partial charge in [0.2, 0.25) is 0 Å². The van der Waals surface area contributed by atoms with Gasteiger partial charge in [-0.1, -0.05) is 18.2 Å². The van der Waals surface area contributed by atoms with Gasteiger partial charge in [-0.15, -0.1) is 0 Å². The van der Waals surface area contributed by atoms with Crippen LogP contribution in [0.2, 0.25) is 0 Å². The van der Waals surface area contributed by atoms with Gasteiger partial charge in [-0.05, 0) is 34.0 Å². The number of aromatic nitrogens is 2. The number of halogens is 2. The topological polar surface area (TPSA) is 57.8 Å². The molecule has 0 aliphatic heterocycles. The Kier molecular flexibility index (Phi) is 4.09. The normalized spacial score (nSPS) is 10.3. The molecule has 0 saturated carbocycles. The van der Waals surface area contributed by atoms with E-state index in [1.54, 1.807) is 18.2 Å². The fourth-order valence-corrected chi connectivity index (χ4v) is 1.87. The van der Waals surface area contributed by atoms with Gasteiger partial charge in [0.15, 0.2) is 0 Å². The van der Waals surface area contributed by atoms with Crippen molar-refractivity contribution in [2.24, 2.45) is 0 Å². The Morgan fingerprint density at radius 1 is 1.39 bits per heavy atom. The molecule has 2 N–H and O–H groups in total. The van der Waals surface area contributed by atoms with E-state index in [2.05, 4.69) is 31.4 Å². The number of rotatable bonds is 4. The van der Waals surface area contributed by atoms with E-state index in [1.807, 2.05) is 0 Å². The Morgan fingerprint density at radius 3 is 2.94 bits per heavy atom. The summed E-state index contributed by atoms with van der Waals surface area (Å²) < 4.78 is 13.7. The van der Waals surface area contributed by atoms with Crippen molar-refractivity contribution >= 4 is 21.6 Å². The number of aromatic amines is 1. The molecule has 0 aliphatic rings. The zero-order valence-electron chi connectivity index (χ0n) is 9.41. The molecule has 0 atom stereocenters. The van der Waals surface area contributed by atoms with Gasteiger partial charge >= 0.3 is 0 Å². The van der Waals surface area contributed by atoms with Crippen molar-refractivity contribution in [3.63, 3.8) is 0 Å². The smallest absolute Gasteiger partial charge is 0.280 e. The Hall–Kier alpha value is -1.69. The molecular formula is C12H11BrFN3O. The lowest BCUT2D eigenvalue weighted by Crippen LogP contribution is -2.14. The molecule has 0 amide bonds. The van der Waals surface area contributed by atoms with Gasteiger partial charge in [-0.2, -0.15) is 5.10 Å². The third-order valence-electron chi connectivity index (χ3n) is 2.46. The van der Waals surface area contributed by atoms with E-state index in [9.17, 15) is 9.18 Å². The minimum atomic E-state index is -0.300. The fraction of sp³-hybridized carbons (Fsp3) is 0.167. The van der Waals surface area contributed by atoms with Gasteiger partial charge < -0.3 is 5.32 Å². The predicted octanol–water partition coefficient (Wildman–Crippen LogP) is 2.33. The largest absolute Gasteiger partial charge is 0.382 e. The first-order valence-corrected chi connectivity index (χ1v) is 6.18. The van der Waals surface area contributed by atoms with Gasteiger partial charge in [0.05, 0.1) is 11.9 Å². The molecule has 18 heavy (non-hydrogen) atoms. The Balaban J connectivity index is 1.99. The molecule has 0 bridgehead atoms. The highest BCUT2D eigenvalue weighted by Gasteiger charge is 2.04. The summed E-state index contributed by atoms with van der Waals surface area (Å²) in [6.07, 6.45) is 2.04.